The van der Waals surface area contributed by atoms with Crippen molar-refractivity contribution in [3.63, 3.8) is 0 Å². The monoisotopic (exact) mass is 489 g/mol. The van der Waals surface area contributed by atoms with Gasteiger partial charge in [0.1, 0.15) is 11.9 Å². The van der Waals surface area contributed by atoms with E-state index in [1.165, 1.54) is 0 Å². The van der Waals surface area contributed by atoms with Crippen molar-refractivity contribution >= 4 is 35.9 Å². The van der Waals surface area contributed by atoms with Crippen LogP contribution in [0, 0.1) is 0 Å². The zero-order chi connectivity index (χ0) is 18.8. The maximum atomic E-state index is 11.6. The van der Waals surface area contributed by atoms with Crippen LogP contribution in [0.2, 0.25) is 0 Å². The Bertz CT molecular complexity index is 573. The van der Waals surface area contributed by atoms with Crippen molar-refractivity contribution in [2.24, 2.45) is 4.99 Å². The Morgan fingerprint density at radius 3 is 2.52 bits per heavy atom. The van der Waals surface area contributed by atoms with Crippen LogP contribution in [-0.4, -0.2) is 55.2 Å². The van der Waals surface area contributed by atoms with E-state index >= 15 is 0 Å². The SMILES string of the molecule is CCNC(=NCCC(=O)OC(C)C)N1CCC(Oc2ccccc2)CC1.I. The molecule has 27 heavy (non-hydrogen) atoms. The Labute approximate surface area is 179 Å². The summed E-state index contributed by atoms with van der Waals surface area (Å²) in [5.41, 5.74) is 0. The molecule has 0 amide bonds. The number of hydrogen-bond donors (Lipinski definition) is 1. The van der Waals surface area contributed by atoms with E-state index in [4.69, 9.17) is 9.47 Å². The molecular weight excluding hydrogens is 457 g/mol. The molecule has 0 aromatic heterocycles. The molecule has 1 aliphatic rings. The van der Waals surface area contributed by atoms with Crippen LogP contribution in [0.15, 0.2) is 35.3 Å². The predicted octanol–water partition coefficient (Wildman–Crippen LogP) is 3.46. The normalized spacial score (nSPS) is 15.3. The Balaban J connectivity index is 0.00000364. The third-order valence-corrected chi connectivity index (χ3v) is 4.07. The molecule has 6 nitrogen and oxygen atoms in total. The summed E-state index contributed by atoms with van der Waals surface area (Å²) in [6.07, 6.45) is 2.37. The van der Waals surface area contributed by atoms with Gasteiger partial charge in [-0.15, -0.1) is 24.0 Å². The van der Waals surface area contributed by atoms with Crippen molar-refractivity contribution in [1.82, 2.24) is 10.2 Å². The van der Waals surface area contributed by atoms with Crippen LogP contribution in [0.1, 0.15) is 40.0 Å². The van der Waals surface area contributed by atoms with Gasteiger partial charge in [-0.25, -0.2) is 0 Å². The lowest BCUT2D eigenvalue weighted by Gasteiger charge is -2.34. The summed E-state index contributed by atoms with van der Waals surface area (Å²) < 4.78 is 11.2. The van der Waals surface area contributed by atoms with Crippen molar-refractivity contribution in [1.29, 1.82) is 0 Å². The fourth-order valence-corrected chi connectivity index (χ4v) is 2.88. The molecule has 1 N–H and O–H groups in total. The molecular formula is C20H32IN3O3. The van der Waals surface area contributed by atoms with E-state index in [2.05, 4.69) is 15.2 Å². The van der Waals surface area contributed by atoms with Gasteiger partial charge < -0.3 is 19.7 Å². The Morgan fingerprint density at radius 2 is 1.93 bits per heavy atom. The molecule has 1 saturated heterocycles. The van der Waals surface area contributed by atoms with Gasteiger partial charge >= 0.3 is 5.97 Å². The fourth-order valence-electron chi connectivity index (χ4n) is 2.88. The molecule has 0 bridgehead atoms. The first-order chi connectivity index (χ1) is 12.6. The molecule has 1 aromatic rings. The Kier molecular flexibility index (Phi) is 11.2. The molecule has 152 valence electrons. The summed E-state index contributed by atoms with van der Waals surface area (Å²) >= 11 is 0. The van der Waals surface area contributed by atoms with E-state index in [9.17, 15) is 4.79 Å². The number of benzene rings is 1. The second kappa shape index (κ2) is 12.8. The quantitative estimate of drug-likeness (QED) is 0.275. The maximum absolute atomic E-state index is 11.6. The van der Waals surface area contributed by atoms with Crippen molar-refractivity contribution < 1.29 is 14.3 Å². The Hall–Kier alpha value is -1.51. The van der Waals surface area contributed by atoms with Crippen molar-refractivity contribution in [2.45, 2.75) is 52.2 Å². The topological polar surface area (TPSA) is 63.2 Å². The summed E-state index contributed by atoms with van der Waals surface area (Å²) in [5, 5.41) is 3.31. The molecule has 2 rings (SSSR count). The number of para-hydroxylation sites is 1. The number of halogens is 1. The average molecular weight is 489 g/mol. The number of carbonyl (C=O) groups excluding carboxylic acids is 1. The first kappa shape index (κ1) is 23.5. The number of aliphatic imine (C=N–C) groups is 1. The second-order valence-electron chi connectivity index (χ2n) is 6.64. The van der Waals surface area contributed by atoms with E-state index in [1.807, 2.05) is 51.1 Å². The third kappa shape index (κ3) is 8.81. The first-order valence-corrected chi connectivity index (χ1v) is 9.53. The number of likely N-dealkylation sites (tertiary alicyclic amines) is 1. The van der Waals surface area contributed by atoms with Gasteiger partial charge in [-0.2, -0.15) is 0 Å². The zero-order valence-corrected chi connectivity index (χ0v) is 18.8. The summed E-state index contributed by atoms with van der Waals surface area (Å²) in [5.74, 6) is 1.59. The number of esters is 1. The molecule has 1 fully saturated rings. The van der Waals surface area contributed by atoms with Gasteiger partial charge in [0.25, 0.3) is 0 Å². The number of rotatable bonds is 7. The standard InChI is InChI=1S/C20H31N3O3.HI/c1-4-21-20(22-13-10-19(24)25-16(2)3)23-14-11-18(12-15-23)26-17-8-6-5-7-9-17;/h5-9,16,18H,4,10-15H2,1-3H3,(H,21,22);1H. The molecule has 7 heteroatoms. The summed E-state index contributed by atoms with van der Waals surface area (Å²) in [6.45, 7) is 8.78. The zero-order valence-electron chi connectivity index (χ0n) is 16.5. The minimum Gasteiger partial charge on any atom is -0.490 e. The van der Waals surface area contributed by atoms with Crippen LogP contribution in [0.3, 0.4) is 0 Å². The maximum Gasteiger partial charge on any atom is 0.307 e. The van der Waals surface area contributed by atoms with E-state index in [0.29, 0.717) is 13.0 Å². The van der Waals surface area contributed by atoms with Gasteiger partial charge in [-0.05, 0) is 32.9 Å². The molecule has 0 spiro atoms. The van der Waals surface area contributed by atoms with Crippen LogP contribution in [0.4, 0.5) is 0 Å². The van der Waals surface area contributed by atoms with Crippen LogP contribution >= 0.6 is 24.0 Å². The molecule has 0 atom stereocenters. The lowest BCUT2D eigenvalue weighted by Crippen LogP contribution is -2.47. The highest BCUT2D eigenvalue weighted by atomic mass is 127. The number of ether oxygens (including phenoxy) is 2. The van der Waals surface area contributed by atoms with E-state index in [-0.39, 0.29) is 42.2 Å². The predicted molar refractivity (Wildman–Crippen MR) is 119 cm³/mol. The van der Waals surface area contributed by atoms with Gasteiger partial charge in [0.2, 0.25) is 0 Å². The number of piperidine rings is 1. The van der Waals surface area contributed by atoms with Gasteiger partial charge in [0.15, 0.2) is 5.96 Å². The van der Waals surface area contributed by atoms with Gasteiger partial charge in [0.05, 0.1) is 19.1 Å². The summed E-state index contributed by atoms with van der Waals surface area (Å²) in [4.78, 5) is 18.5. The minimum absolute atomic E-state index is 0. The average Bonchev–Trinajstić information content (AvgIpc) is 2.62. The molecule has 0 radical (unpaired) electrons. The number of nitrogens with one attached hydrogen (secondary N) is 1. The lowest BCUT2D eigenvalue weighted by molar-refractivity contribution is -0.147. The fraction of sp³-hybridized carbons (Fsp3) is 0.600. The van der Waals surface area contributed by atoms with Crippen molar-refractivity contribution in [2.75, 3.05) is 26.2 Å². The van der Waals surface area contributed by atoms with Crippen LogP contribution in [0.25, 0.3) is 0 Å². The molecule has 0 unspecified atom stereocenters. The molecule has 0 aliphatic carbocycles. The van der Waals surface area contributed by atoms with E-state index < -0.39 is 0 Å². The first-order valence-electron chi connectivity index (χ1n) is 9.53. The molecule has 1 aliphatic heterocycles. The van der Waals surface area contributed by atoms with Crippen LogP contribution in [-0.2, 0) is 9.53 Å². The minimum atomic E-state index is -0.199. The largest absolute Gasteiger partial charge is 0.490 e. The highest BCUT2D eigenvalue weighted by molar-refractivity contribution is 14.0. The van der Waals surface area contributed by atoms with Gasteiger partial charge in [0, 0.05) is 32.5 Å². The van der Waals surface area contributed by atoms with Gasteiger partial charge in [-0.3, -0.25) is 9.79 Å². The highest BCUT2D eigenvalue weighted by Gasteiger charge is 2.22. The number of guanidine groups is 1. The molecule has 0 saturated carbocycles. The molecule has 1 heterocycles. The van der Waals surface area contributed by atoms with Gasteiger partial charge in [-0.1, -0.05) is 18.2 Å². The smallest absolute Gasteiger partial charge is 0.307 e. The van der Waals surface area contributed by atoms with Crippen molar-refractivity contribution in [3.8, 4) is 5.75 Å². The van der Waals surface area contributed by atoms with E-state index in [0.717, 1.165) is 44.2 Å². The lowest BCUT2D eigenvalue weighted by atomic mass is 10.1. The summed E-state index contributed by atoms with van der Waals surface area (Å²) in [6, 6.07) is 9.96. The Morgan fingerprint density at radius 1 is 1.26 bits per heavy atom. The number of nitrogens with zero attached hydrogens (tertiary/aromatic N) is 2. The number of hydrogen-bond acceptors (Lipinski definition) is 4. The van der Waals surface area contributed by atoms with Crippen LogP contribution in [0.5, 0.6) is 5.75 Å². The highest BCUT2D eigenvalue weighted by Crippen LogP contribution is 2.18. The van der Waals surface area contributed by atoms with Crippen molar-refractivity contribution in [3.05, 3.63) is 30.3 Å². The molecule has 1 aromatic carbocycles. The van der Waals surface area contributed by atoms with Crippen LogP contribution < -0.4 is 10.1 Å². The number of carbonyl (C=O) groups is 1. The summed E-state index contributed by atoms with van der Waals surface area (Å²) in [7, 11) is 0. The third-order valence-electron chi connectivity index (χ3n) is 4.07. The second-order valence-corrected chi connectivity index (χ2v) is 6.64. The van der Waals surface area contributed by atoms with E-state index in [1.54, 1.807) is 0 Å².